The maximum Gasteiger partial charge on any atom is 0.163 e. The first-order valence-corrected chi connectivity index (χ1v) is 5.31. The first kappa shape index (κ1) is 12.7. The van der Waals surface area contributed by atoms with Crippen LogP contribution in [0, 0.1) is 24.0 Å². The van der Waals surface area contributed by atoms with Crippen molar-refractivity contribution in [2.24, 2.45) is 0 Å². The first-order valence-electron chi connectivity index (χ1n) is 5.31. The van der Waals surface area contributed by atoms with Crippen molar-refractivity contribution in [3.05, 3.63) is 35.4 Å². The summed E-state index contributed by atoms with van der Waals surface area (Å²) in [6.45, 7) is 2.60. The van der Waals surface area contributed by atoms with Crippen LogP contribution in [0.3, 0.4) is 0 Å². The monoisotopic (exact) mass is 223 g/mol. The highest BCUT2D eigenvalue weighted by Gasteiger charge is 2.16. The largest absolute Gasteiger partial charge is 0.310 e. The van der Waals surface area contributed by atoms with Crippen molar-refractivity contribution >= 4 is 0 Å². The van der Waals surface area contributed by atoms with Crippen LogP contribution in [0.15, 0.2) is 18.2 Å². The summed E-state index contributed by atoms with van der Waals surface area (Å²) in [5.74, 6) is 0.899. The first-order chi connectivity index (χ1) is 7.70. The van der Waals surface area contributed by atoms with Gasteiger partial charge in [-0.1, -0.05) is 19.1 Å². The van der Waals surface area contributed by atoms with E-state index < -0.39 is 11.6 Å². The van der Waals surface area contributed by atoms with E-state index in [2.05, 4.69) is 11.2 Å². The van der Waals surface area contributed by atoms with E-state index >= 15 is 0 Å². The molecule has 16 heavy (non-hydrogen) atoms. The second-order valence-corrected chi connectivity index (χ2v) is 3.50. The van der Waals surface area contributed by atoms with Gasteiger partial charge in [0, 0.05) is 18.0 Å². The Labute approximate surface area is 94.9 Å². The molecule has 1 nitrogen and oxygen atoms in total. The van der Waals surface area contributed by atoms with Crippen molar-refractivity contribution < 1.29 is 8.78 Å². The van der Waals surface area contributed by atoms with Gasteiger partial charge in [-0.2, -0.15) is 0 Å². The van der Waals surface area contributed by atoms with E-state index in [4.69, 9.17) is 6.42 Å². The molecule has 0 aliphatic rings. The molecule has 1 aromatic rings. The fourth-order valence-electron chi connectivity index (χ4n) is 1.63. The molecule has 0 spiro atoms. The van der Waals surface area contributed by atoms with Gasteiger partial charge in [-0.15, -0.1) is 12.3 Å². The van der Waals surface area contributed by atoms with Gasteiger partial charge >= 0.3 is 0 Å². The van der Waals surface area contributed by atoms with E-state index in [0.717, 1.165) is 6.07 Å². The quantitative estimate of drug-likeness (QED) is 0.756. The standard InChI is InChI=1S/C13H15F2N/c1-3-5-9-12(16-4-2)10-7-6-8-11(14)13(10)15/h1,6-8,12,16H,4-5,9H2,2H3. The fourth-order valence-corrected chi connectivity index (χ4v) is 1.63. The van der Waals surface area contributed by atoms with E-state index in [0.29, 0.717) is 24.9 Å². The highest BCUT2D eigenvalue weighted by Crippen LogP contribution is 2.22. The van der Waals surface area contributed by atoms with Crippen LogP contribution in [0.25, 0.3) is 0 Å². The second kappa shape index (κ2) is 6.24. The zero-order chi connectivity index (χ0) is 12.0. The summed E-state index contributed by atoms with van der Waals surface area (Å²) in [4.78, 5) is 0. The zero-order valence-electron chi connectivity index (χ0n) is 9.26. The normalized spacial score (nSPS) is 12.1. The van der Waals surface area contributed by atoms with Crippen molar-refractivity contribution in [3.63, 3.8) is 0 Å². The molecule has 0 aliphatic heterocycles. The van der Waals surface area contributed by atoms with Crippen LogP contribution in [0.5, 0.6) is 0 Å². The molecule has 0 heterocycles. The van der Waals surface area contributed by atoms with Crippen LogP contribution in [0.4, 0.5) is 8.78 Å². The van der Waals surface area contributed by atoms with E-state index in [9.17, 15) is 8.78 Å². The van der Waals surface area contributed by atoms with Crippen LogP contribution < -0.4 is 5.32 Å². The van der Waals surface area contributed by atoms with Crippen molar-refractivity contribution in [1.82, 2.24) is 5.32 Å². The van der Waals surface area contributed by atoms with Crippen molar-refractivity contribution in [1.29, 1.82) is 0 Å². The average Bonchev–Trinajstić information content (AvgIpc) is 2.28. The topological polar surface area (TPSA) is 12.0 Å². The molecule has 0 aromatic heterocycles. The lowest BCUT2D eigenvalue weighted by atomic mass is 10.0. The Morgan fingerprint density at radius 2 is 2.19 bits per heavy atom. The maximum atomic E-state index is 13.5. The molecule has 1 unspecified atom stereocenters. The van der Waals surface area contributed by atoms with Crippen molar-refractivity contribution in [2.75, 3.05) is 6.54 Å². The molecular formula is C13H15F2N. The number of terminal acetylenes is 1. The number of hydrogen-bond acceptors (Lipinski definition) is 1. The third-order valence-electron chi connectivity index (χ3n) is 2.38. The number of hydrogen-bond donors (Lipinski definition) is 1. The third-order valence-corrected chi connectivity index (χ3v) is 2.38. The van der Waals surface area contributed by atoms with E-state index in [1.807, 2.05) is 6.92 Å². The number of halogens is 2. The predicted molar refractivity (Wildman–Crippen MR) is 60.8 cm³/mol. The molecule has 0 bridgehead atoms. The maximum absolute atomic E-state index is 13.5. The summed E-state index contributed by atoms with van der Waals surface area (Å²) >= 11 is 0. The minimum Gasteiger partial charge on any atom is -0.310 e. The summed E-state index contributed by atoms with van der Waals surface area (Å²) < 4.78 is 26.6. The highest BCUT2D eigenvalue weighted by molar-refractivity contribution is 5.22. The molecule has 0 radical (unpaired) electrons. The third kappa shape index (κ3) is 3.04. The summed E-state index contributed by atoms with van der Waals surface area (Å²) in [7, 11) is 0. The fraction of sp³-hybridized carbons (Fsp3) is 0.385. The van der Waals surface area contributed by atoms with Gasteiger partial charge in [0.25, 0.3) is 0 Å². The number of benzene rings is 1. The molecule has 1 rings (SSSR count). The van der Waals surface area contributed by atoms with Gasteiger partial charge < -0.3 is 5.32 Å². The highest BCUT2D eigenvalue weighted by atomic mass is 19.2. The number of rotatable bonds is 5. The van der Waals surface area contributed by atoms with Gasteiger partial charge in [0.05, 0.1) is 0 Å². The Bertz CT molecular complexity index is 382. The molecule has 86 valence electrons. The molecule has 0 saturated carbocycles. The smallest absolute Gasteiger partial charge is 0.163 e. The Kier molecular flexibility index (Phi) is 4.94. The van der Waals surface area contributed by atoms with E-state index in [1.54, 1.807) is 6.07 Å². The predicted octanol–water partition coefficient (Wildman–Crippen LogP) is 3.03. The second-order valence-electron chi connectivity index (χ2n) is 3.50. The van der Waals surface area contributed by atoms with E-state index in [1.165, 1.54) is 6.07 Å². The molecular weight excluding hydrogens is 208 g/mol. The van der Waals surface area contributed by atoms with Crippen LogP contribution in [0.1, 0.15) is 31.4 Å². The SMILES string of the molecule is C#CCCC(NCC)c1cccc(F)c1F. The van der Waals surface area contributed by atoms with Gasteiger partial charge in [0.15, 0.2) is 11.6 Å². The van der Waals surface area contributed by atoms with Gasteiger partial charge in [-0.25, -0.2) is 8.78 Å². The minimum atomic E-state index is -0.818. The molecule has 3 heteroatoms. The average molecular weight is 223 g/mol. The zero-order valence-corrected chi connectivity index (χ0v) is 9.26. The van der Waals surface area contributed by atoms with Crippen molar-refractivity contribution in [3.8, 4) is 12.3 Å². The van der Waals surface area contributed by atoms with Gasteiger partial charge in [-0.3, -0.25) is 0 Å². The summed E-state index contributed by atoms with van der Waals surface area (Å²) in [6, 6.07) is 3.98. The Morgan fingerprint density at radius 3 is 2.81 bits per heavy atom. The molecule has 1 N–H and O–H groups in total. The van der Waals surface area contributed by atoms with Crippen LogP contribution in [0.2, 0.25) is 0 Å². The summed E-state index contributed by atoms with van der Waals surface area (Å²) in [5, 5.41) is 3.10. The molecule has 0 aliphatic carbocycles. The lowest BCUT2D eigenvalue weighted by molar-refractivity contribution is 0.455. The lowest BCUT2D eigenvalue weighted by Crippen LogP contribution is -2.22. The van der Waals surface area contributed by atoms with Crippen LogP contribution in [-0.2, 0) is 0 Å². The number of nitrogens with one attached hydrogen (secondary N) is 1. The Morgan fingerprint density at radius 1 is 1.44 bits per heavy atom. The van der Waals surface area contributed by atoms with Gasteiger partial charge in [-0.05, 0) is 19.0 Å². The Hall–Kier alpha value is -1.40. The summed E-state index contributed by atoms with van der Waals surface area (Å²) in [6.07, 6.45) is 6.31. The molecule has 0 amide bonds. The molecule has 0 saturated heterocycles. The van der Waals surface area contributed by atoms with Gasteiger partial charge in [0.1, 0.15) is 0 Å². The molecule has 1 aromatic carbocycles. The van der Waals surface area contributed by atoms with Crippen LogP contribution >= 0.6 is 0 Å². The Balaban J connectivity index is 2.92. The minimum absolute atomic E-state index is 0.225. The van der Waals surface area contributed by atoms with Gasteiger partial charge in [0.2, 0.25) is 0 Å². The van der Waals surface area contributed by atoms with E-state index in [-0.39, 0.29) is 6.04 Å². The molecule has 1 atom stereocenters. The van der Waals surface area contributed by atoms with Crippen LogP contribution in [-0.4, -0.2) is 6.54 Å². The molecule has 0 fully saturated rings. The summed E-state index contributed by atoms with van der Waals surface area (Å²) in [5.41, 5.74) is 0.345. The van der Waals surface area contributed by atoms with Crippen molar-refractivity contribution in [2.45, 2.75) is 25.8 Å². The lowest BCUT2D eigenvalue weighted by Gasteiger charge is -2.18.